The fourth-order valence-corrected chi connectivity index (χ4v) is 1.94. The Morgan fingerprint density at radius 2 is 2.35 bits per heavy atom. The zero-order chi connectivity index (χ0) is 12.1. The summed E-state index contributed by atoms with van der Waals surface area (Å²) in [4.78, 5) is 23.2. The molecule has 17 heavy (non-hydrogen) atoms. The van der Waals surface area contributed by atoms with Gasteiger partial charge in [0.2, 0.25) is 5.91 Å². The summed E-state index contributed by atoms with van der Waals surface area (Å²) in [5.74, 6) is -0.0676. The van der Waals surface area contributed by atoms with Gasteiger partial charge in [-0.05, 0) is 6.07 Å². The largest absolute Gasteiger partial charge is 0.367 e. The van der Waals surface area contributed by atoms with Gasteiger partial charge >= 0.3 is 0 Å². The van der Waals surface area contributed by atoms with E-state index in [-0.39, 0.29) is 12.5 Å². The van der Waals surface area contributed by atoms with Crippen LogP contribution in [-0.2, 0) is 4.79 Å². The molecule has 2 rings (SSSR count). The summed E-state index contributed by atoms with van der Waals surface area (Å²) in [5.41, 5.74) is 0.776. The maximum Gasteiger partial charge on any atom is 0.239 e. The second kappa shape index (κ2) is 5.35. The number of rotatable bonds is 4. The van der Waals surface area contributed by atoms with Crippen molar-refractivity contribution in [2.75, 3.05) is 18.9 Å². The number of aromatic nitrogens is 3. The maximum absolute atomic E-state index is 11.1. The van der Waals surface area contributed by atoms with Gasteiger partial charge in [0.25, 0.3) is 0 Å². The molecular weight excluding hydrogens is 238 g/mol. The Labute approximate surface area is 102 Å². The van der Waals surface area contributed by atoms with E-state index < -0.39 is 0 Å². The molecule has 0 radical (unpaired) electrons. The first-order chi connectivity index (χ1) is 8.29. The maximum atomic E-state index is 11.1. The molecule has 6 nitrogen and oxygen atoms in total. The average molecular weight is 249 g/mol. The van der Waals surface area contributed by atoms with E-state index in [1.54, 1.807) is 25.5 Å². The summed E-state index contributed by atoms with van der Waals surface area (Å²) in [5, 5.41) is 7.16. The zero-order valence-electron chi connectivity index (χ0n) is 9.17. The molecule has 0 aliphatic heterocycles. The van der Waals surface area contributed by atoms with Gasteiger partial charge in [-0.1, -0.05) is 11.3 Å². The molecule has 7 heteroatoms. The third kappa shape index (κ3) is 2.97. The summed E-state index contributed by atoms with van der Waals surface area (Å²) in [6.07, 6.45) is 4.83. The van der Waals surface area contributed by atoms with Crippen molar-refractivity contribution in [1.29, 1.82) is 0 Å². The number of amides is 1. The third-order valence-electron chi connectivity index (χ3n) is 2.01. The standard InChI is InChI=1S/C10H11N5OS/c1-11-8(16)4-13-9-5-14-10(17-9)7-2-3-12-6-15-7/h2-3,5-6,13H,4H2,1H3,(H,11,16). The summed E-state index contributed by atoms with van der Waals surface area (Å²) < 4.78 is 0. The number of hydrogen-bond acceptors (Lipinski definition) is 6. The number of anilines is 1. The molecule has 2 aromatic rings. The van der Waals surface area contributed by atoms with E-state index in [0.29, 0.717) is 0 Å². The summed E-state index contributed by atoms with van der Waals surface area (Å²) in [6, 6.07) is 1.79. The molecule has 2 heterocycles. The first-order valence-corrected chi connectivity index (χ1v) is 5.78. The van der Waals surface area contributed by atoms with Gasteiger partial charge in [0.15, 0.2) is 0 Å². The second-order valence-corrected chi connectivity index (χ2v) is 4.18. The van der Waals surface area contributed by atoms with Crippen molar-refractivity contribution >= 4 is 22.2 Å². The number of nitrogens with zero attached hydrogens (tertiary/aromatic N) is 3. The molecule has 0 aromatic carbocycles. The molecule has 0 fully saturated rings. The first-order valence-electron chi connectivity index (χ1n) is 4.96. The number of thiazole rings is 1. The molecule has 0 aliphatic rings. The van der Waals surface area contributed by atoms with Crippen molar-refractivity contribution in [3.63, 3.8) is 0 Å². The molecule has 2 aromatic heterocycles. The minimum Gasteiger partial charge on any atom is -0.367 e. The van der Waals surface area contributed by atoms with Gasteiger partial charge in [-0.25, -0.2) is 15.0 Å². The Balaban J connectivity index is 2.04. The fraction of sp³-hybridized carbons (Fsp3) is 0.200. The van der Waals surface area contributed by atoms with Crippen LogP contribution in [0.2, 0.25) is 0 Å². The molecule has 0 unspecified atom stereocenters. The van der Waals surface area contributed by atoms with Gasteiger partial charge in [0.05, 0.1) is 12.7 Å². The first kappa shape index (κ1) is 11.5. The lowest BCUT2D eigenvalue weighted by Crippen LogP contribution is -2.25. The van der Waals surface area contributed by atoms with E-state index in [4.69, 9.17) is 0 Å². The predicted molar refractivity (Wildman–Crippen MR) is 65.7 cm³/mol. The van der Waals surface area contributed by atoms with Crippen LogP contribution >= 0.6 is 11.3 Å². The van der Waals surface area contributed by atoms with Gasteiger partial charge in [-0.2, -0.15) is 0 Å². The Kier molecular flexibility index (Phi) is 3.61. The second-order valence-electron chi connectivity index (χ2n) is 3.15. The molecule has 88 valence electrons. The van der Waals surface area contributed by atoms with Crippen molar-refractivity contribution in [2.24, 2.45) is 0 Å². The molecule has 0 aliphatic carbocycles. The van der Waals surface area contributed by atoms with Gasteiger partial charge < -0.3 is 10.6 Å². The van der Waals surface area contributed by atoms with Crippen molar-refractivity contribution in [3.8, 4) is 10.7 Å². The Morgan fingerprint density at radius 3 is 3.06 bits per heavy atom. The lowest BCUT2D eigenvalue weighted by atomic mass is 10.4. The van der Waals surface area contributed by atoms with Crippen LogP contribution in [0, 0.1) is 0 Å². The lowest BCUT2D eigenvalue weighted by molar-refractivity contribution is -0.118. The van der Waals surface area contributed by atoms with Gasteiger partial charge in [-0.3, -0.25) is 4.79 Å². The van der Waals surface area contributed by atoms with Crippen LogP contribution in [0.15, 0.2) is 24.8 Å². The molecule has 0 saturated carbocycles. The Hall–Kier alpha value is -2.02. The minimum absolute atomic E-state index is 0.0676. The van der Waals surface area contributed by atoms with Crippen molar-refractivity contribution in [2.45, 2.75) is 0 Å². The highest BCUT2D eigenvalue weighted by Gasteiger charge is 2.06. The molecule has 0 spiro atoms. The highest BCUT2D eigenvalue weighted by Crippen LogP contribution is 2.26. The van der Waals surface area contributed by atoms with Crippen LogP contribution in [0.25, 0.3) is 10.7 Å². The van der Waals surface area contributed by atoms with Gasteiger partial charge in [0, 0.05) is 13.2 Å². The SMILES string of the molecule is CNC(=O)CNc1cnc(-c2ccncn2)s1. The van der Waals surface area contributed by atoms with E-state index in [9.17, 15) is 4.79 Å². The van der Waals surface area contributed by atoms with Crippen LogP contribution in [0.1, 0.15) is 0 Å². The zero-order valence-corrected chi connectivity index (χ0v) is 9.99. The summed E-state index contributed by atoms with van der Waals surface area (Å²) in [7, 11) is 1.60. The van der Waals surface area contributed by atoms with Crippen LogP contribution in [0.4, 0.5) is 5.00 Å². The Morgan fingerprint density at radius 1 is 1.47 bits per heavy atom. The topological polar surface area (TPSA) is 79.8 Å². The highest BCUT2D eigenvalue weighted by atomic mass is 32.1. The molecule has 0 atom stereocenters. The van der Waals surface area contributed by atoms with Crippen molar-refractivity contribution in [3.05, 3.63) is 24.8 Å². The smallest absolute Gasteiger partial charge is 0.239 e. The third-order valence-corrected chi connectivity index (χ3v) is 2.99. The van der Waals surface area contributed by atoms with Crippen LogP contribution < -0.4 is 10.6 Å². The number of likely N-dealkylation sites (N-methyl/N-ethyl adjacent to an activating group) is 1. The quantitative estimate of drug-likeness (QED) is 0.836. The molecule has 0 bridgehead atoms. The summed E-state index contributed by atoms with van der Waals surface area (Å²) in [6.45, 7) is 0.238. The molecule has 2 N–H and O–H groups in total. The van der Waals surface area contributed by atoms with E-state index in [1.165, 1.54) is 17.7 Å². The lowest BCUT2D eigenvalue weighted by Gasteiger charge is -2.00. The fourth-order valence-electron chi connectivity index (χ4n) is 1.15. The van der Waals surface area contributed by atoms with Gasteiger partial charge in [0.1, 0.15) is 22.0 Å². The normalized spacial score (nSPS) is 9.94. The summed E-state index contributed by atoms with van der Waals surface area (Å²) >= 11 is 1.45. The number of carbonyl (C=O) groups is 1. The molecule has 0 saturated heterocycles. The number of carbonyl (C=O) groups excluding carboxylic acids is 1. The Bertz CT molecular complexity index is 498. The average Bonchev–Trinajstić information content (AvgIpc) is 2.86. The van der Waals surface area contributed by atoms with E-state index in [1.807, 2.05) is 0 Å². The van der Waals surface area contributed by atoms with Crippen molar-refractivity contribution < 1.29 is 4.79 Å². The predicted octanol–water partition coefficient (Wildman–Crippen LogP) is 0.758. The highest BCUT2D eigenvalue weighted by molar-refractivity contribution is 7.18. The monoisotopic (exact) mass is 249 g/mol. The van der Waals surface area contributed by atoms with Gasteiger partial charge in [-0.15, -0.1) is 0 Å². The molecule has 1 amide bonds. The molecular formula is C10H11N5OS. The number of hydrogen-bond donors (Lipinski definition) is 2. The van der Waals surface area contributed by atoms with E-state index >= 15 is 0 Å². The number of nitrogens with one attached hydrogen (secondary N) is 2. The van der Waals surface area contributed by atoms with E-state index in [2.05, 4.69) is 25.6 Å². The van der Waals surface area contributed by atoms with Crippen LogP contribution in [-0.4, -0.2) is 34.5 Å². The van der Waals surface area contributed by atoms with Crippen molar-refractivity contribution in [1.82, 2.24) is 20.3 Å². The minimum atomic E-state index is -0.0676. The van der Waals surface area contributed by atoms with E-state index in [0.717, 1.165) is 15.7 Å². The van der Waals surface area contributed by atoms with Crippen LogP contribution in [0.5, 0.6) is 0 Å². The van der Waals surface area contributed by atoms with Crippen LogP contribution in [0.3, 0.4) is 0 Å².